The Morgan fingerprint density at radius 1 is 1.20 bits per heavy atom. The number of carbonyl (C=O) groups excluding carboxylic acids is 1. The number of nitrogens with zero attached hydrogens (tertiary/aromatic N) is 3. The predicted molar refractivity (Wildman–Crippen MR) is 115 cm³/mol. The molecule has 1 amide bonds. The Kier molecular flexibility index (Phi) is 5.16. The maximum absolute atomic E-state index is 13.4. The first-order chi connectivity index (χ1) is 14.6. The molecule has 9 heteroatoms. The largest absolute Gasteiger partial charge is 0.376 e. The number of hydrogen-bond acceptors (Lipinski definition) is 6. The van der Waals surface area contributed by atoms with E-state index in [1.54, 1.807) is 12.3 Å². The van der Waals surface area contributed by atoms with Crippen molar-refractivity contribution in [3.05, 3.63) is 39.2 Å². The van der Waals surface area contributed by atoms with E-state index in [0.717, 1.165) is 43.9 Å². The van der Waals surface area contributed by atoms with Crippen LogP contribution in [0.4, 0.5) is 0 Å². The van der Waals surface area contributed by atoms with Gasteiger partial charge in [0.15, 0.2) is 0 Å². The van der Waals surface area contributed by atoms with Crippen LogP contribution in [0.15, 0.2) is 27.9 Å². The summed E-state index contributed by atoms with van der Waals surface area (Å²) in [7, 11) is 0. The molecule has 1 aliphatic heterocycles. The minimum absolute atomic E-state index is 0.113. The number of rotatable bonds is 5. The Morgan fingerprint density at radius 3 is 2.80 bits per heavy atom. The molecule has 1 N–H and O–H groups in total. The minimum Gasteiger partial charge on any atom is -0.376 e. The van der Waals surface area contributed by atoms with E-state index in [0.29, 0.717) is 21.7 Å². The minimum atomic E-state index is -0.465. The van der Waals surface area contributed by atoms with Crippen LogP contribution < -0.4 is 16.6 Å². The number of hydrogen-bond donors (Lipinski definition) is 1. The van der Waals surface area contributed by atoms with Gasteiger partial charge in [-0.05, 0) is 37.8 Å². The summed E-state index contributed by atoms with van der Waals surface area (Å²) in [5, 5.41) is 3.77. The predicted octanol–water partition coefficient (Wildman–Crippen LogP) is 2.01. The van der Waals surface area contributed by atoms with Gasteiger partial charge in [0, 0.05) is 24.2 Å². The number of fused-ring (bicyclic) bond motifs is 3. The average molecular weight is 429 g/mol. The lowest BCUT2D eigenvalue weighted by Gasteiger charge is -2.16. The van der Waals surface area contributed by atoms with Gasteiger partial charge >= 0.3 is 5.69 Å². The molecular weight excluding hydrogens is 404 g/mol. The zero-order valence-electron chi connectivity index (χ0n) is 16.6. The van der Waals surface area contributed by atoms with Gasteiger partial charge in [-0.2, -0.15) is 0 Å². The molecule has 3 aromatic rings. The summed E-state index contributed by atoms with van der Waals surface area (Å²) < 4.78 is 8.78. The summed E-state index contributed by atoms with van der Waals surface area (Å²) in [6.45, 7) is 0.740. The van der Waals surface area contributed by atoms with Crippen molar-refractivity contribution in [2.75, 3.05) is 6.61 Å². The topological polar surface area (TPSA) is 95.2 Å². The summed E-state index contributed by atoms with van der Waals surface area (Å²) in [5.41, 5.74) is -0.294. The fourth-order valence-electron chi connectivity index (χ4n) is 4.57. The van der Waals surface area contributed by atoms with Gasteiger partial charge in [0.2, 0.25) is 5.91 Å². The van der Waals surface area contributed by atoms with Crippen LogP contribution in [-0.2, 0) is 22.6 Å². The SMILES string of the molecule is O=C(Cn1c(=O)n(C[C@@H]2CCCO2)c(=O)c2sc3ncccc3c21)NC1CCCC1. The fraction of sp³-hybridized carbons (Fsp3) is 0.524. The van der Waals surface area contributed by atoms with Crippen molar-refractivity contribution >= 4 is 37.7 Å². The van der Waals surface area contributed by atoms with E-state index in [9.17, 15) is 14.4 Å². The maximum atomic E-state index is 13.4. The number of carbonyl (C=O) groups is 1. The van der Waals surface area contributed by atoms with E-state index < -0.39 is 5.69 Å². The molecule has 1 saturated heterocycles. The van der Waals surface area contributed by atoms with Crippen LogP contribution in [0, 0.1) is 0 Å². The van der Waals surface area contributed by atoms with E-state index in [1.807, 2.05) is 6.07 Å². The van der Waals surface area contributed by atoms with Crippen LogP contribution in [0.5, 0.6) is 0 Å². The van der Waals surface area contributed by atoms with Crippen molar-refractivity contribution in [3.8, 4) is 0 Å². The molecule has 4 heterocycles. The van der Waals surface area contributed by atoms with Crippen LogP contribution in [-0.4, -0.2) is 38.8 Å². The number of aromatic nitrogens is 3. The molecule has 2 fully saturated rings. The lowest BCUT2D eigenvalue weighted by atomic mass is 10.2. The Balaban J connectivity index is 1.62. The summed E-state index contributed by atoms with van der Waals surface area (Å²) in [6, 6.07) is 3.79. The van der Waals surface area contributed by atoms with E-state index in [4.69, 9.17) is 4.74 Å². The molecule has 8 nitrogen and oxygen atoms in total. The standard InChI is InChI=1S/C21H24N4O4S/c26-16(23-13-5-1-2-6-13)12-24-17-15-8-3-9-22-19(15)30-18(17)20(27)25(21(24)28)11-14-7-4-10-29-14/h3,8-9,13-14H,1-2,4-7,10-12H2,(H,23,26)/t14-/m0/s1. The Morgan fingerprint density at radius 2 is 2.03 bits per heavy atom. The van der Waals surface area contributed by atoms with E-state index in [1.165, 1.54) is 20.5 Å². The summed E-state index contributed by atoms with van der Waals surface area (Å²) >= 11 is 1.27. The first-order valence-corrected chi connectivity index (χ1v) is 11.4. The molecular formula is C21H24N4O4S. The van der Waals surface area contributed by atoms with Gasteiger partial charge < -0.3 is 10.1 Å². The lowest BCUT2D eigenvalue weighted by Crippen LogP contribution is -2.45. The molecule has 0 aromatic carbocycles. The van der Waals surface area contributed by atoms with Crippen molar-refractivity contribution in [2.45, 2.75) is 63.8 Å². The smallest absolute Gasteiger partial charge is 0.332 e. The highest BCUT2D eigenvalue weighted by Gasteiger charge is 2.24. The Labute approximate surface area is 176 Å². The van der Waals surface area contributed by atoms with Crippen molar-refractivity contribution < 1.29 is 9.53 Å². The van der Waals surface area contributed by atoms with Crippen LogP contribution >= 0.6 is 11.3 Å². The highest BCUT2D eigenvalue weighted by Crippen LogP contribution is 2.29. The zero-order chi connectivity index (χ0) is 20.7. The maximum Gasteiger partial charge on any atom is 0.332 e. The summed E-state index contributed by atoms with van der Waals surface area (Å²) in [5.74, 6) is -0.198. The average Bonchev–Trinajstić information content (AvgIpc) is 3.49. The first kappa shape index (κ1) is 19.4. The van der Waals surface area contributed by atoms with Gasteiger partial charge in [-0.15, -0.1) is 11.3 Å². The van der Waals surface area contributed by atoms with Crippen LogP contribution in [0.25, 0.3) is 20.4 Å². The van der Waals surface area contributed by atoms with Gasteiger partial charge in [-0.25, -0.2) is 9.78 Å². The molecule has 1 atom stereocenters. The van der Waals surface area contributed by atoms with Crippen LogP contribution in [0.3, 0.4) is 0 Å². The van der Waals surface area contributed by atoms with Crippen molar-refractivity contribution in [1.29, 1.82) is 0 Å². The normalized spacial score (nSPS) is 19.8. The number of amides is 1. The second kappa shape index (κ2) is 7.96. The van der Waals surface area contributed by atoms with Crippen LogP contribution in [0.2, 0.25) is 0 Å². The van der Waals surface area contributed by atoms with Crippen molar-refractivity contribution in [1.82, 2.24) is 19.4 Å². The fourth-order valence-corrected chi connectivity index (χ4v) is 5.67. The second-order valence-electron chi connectivity index (χ2n) is 8.10. The van der Waals surface area contributed by atoms with Gasteiger partial charge in [-0.1, -0.05) is 12.8 Å². The molecule has 5 rings (SSSR count). The summed E-state index contributed by atoms with van der Waals surface area (Å²) in [6.07, 6.45) is 7.43. The molecule has 0 spiro atoms. The van der Waals surface area contributed by atoms with E-state index in [-0.39, 0.29) is 36.7 Å². The van der Waals surface area contributed by atoms with E-state index >= 15 is 0 Å². The molecule has 1 saturated carbocycles. The molecule has 158 valence electrons. The van der Waals surface area contributed by atoms with Gasteiger partial charge in [0.1, 0.15) is 16.1 Å². The molecule has 0 radical (unpaired) electrons. The van der Waals surface area contributed by atoms with Gasteiger partial charge in [0.25, 0.3) is 5.56 Å². The first-order valence-electron chi connectivity index (χ1n) is 10.5. The second-order valence-corrected chi connectivity index (χ2v) is 9.10. The molecule has 30 heavy (non-hydrogen) atoms. The zero-order valence-corrected chi connectivity index (χ0v) is 17.5. The lowest BCUT2D eigenvalue weighted by molar-refractivity contribution is -0.122. The quantitative estimate of drug-likeness (QED) is 0.671. The third-order valence-corrected chi connectivity index (χ3v) is 7.13. The Hall–Kier alpha value is -2.52. The molecule has 3 aromatic heterocycles. The molecule has 2 aliphatic rings. The third kappa shape index (κ3) is 3.45. The monoisotopic (exact) mass is 428 g/mol. The molecule has 0 unspecified atom stereocenters. The number of pyridine rings is 1. The van der Waals surface area contributed by atoms with Crippen molar-refractivity contribution in [2.24, 2.45) is 0 Å². The van der Waals surface area contributed by atoms with Crippen LogP contribution in [0.1, 0.15) is 38.5 Å². The number of nitrogens with one attached hydrogen (secondary N) is 1. The third-order valence-electron chi connectivity index (χ3n) is 6.04. The molecule has 0 bridgehead atoms. The highest BCUT2D eigenvalue weighted by molar-refractivity contribution is 7.25. The van der Waals surface area contributed by atoms with Gasteiger partial charge in [0.05, 0.1) is 18.2 Å². The van der Waals surface area contributed by atoms with E-state index in [2.05, 4.69) is 10.3 Å². The Bertz CT molecular complexity index is 1220. The van der Waals surface area contributed by atoms with Crippen molar-refractivity contribution in [3.63, 3.8) is 0 Å². The number of ether oxygens (including phenoxy) is 1. The highest BCUT2D eigenvalue weighted by atomic mass is 32.1. The van der Waals surface area contributed by atoms with Gasteiger partial charge in [-0.3, -0.25) is 18.7 Å². The summed E-state index contributed by atoms with van der Waals surface area (Å²) in [4.78, 5) is 44.4. The molecule has 1 aliphatic carbocycles. The number of thiophene rings is 1.